The lowest BCUT2D eigenvalue weighted by Crippen LogP contribution is -2.33. The number of anilines is 1. The van der Waals surface area contributed by atoms with Crippen LogP contribution >= 0.6 is 0 Å². The lowest BCUT2D eigenvalue weighted by molar-refractivity contribution is 0.0750. The van der Waals surface area contributed by atoms with Crippen molar-refractivity contribution in [2.45, 2.75) is 70.4 Å². The molecule has 1 N–H and O–H groups in total. The fraction of sp³-hybridized carbons (Fsp3) is 0.433. The van der Waals surface area contributed by atoms with Gasteiger partial charge in [-0.1, -0.05) is 67.6 Å². The number of carbonyl (C=O) groups is 1. The second-order valence-corrected chi connectivity index (χ2v) is 10.3. The van der Waals surface area contributed by atoms with E-state index in [1.54, 1.807) is 6.20 Å². The van der Waals surface area contributed by atoms with Gasteiger partial charge in [-0.2, -0.15) is 0 Å². The molecule has 5 heteroatoms. The van der Waals surface area contributed by atoms with E-state index in [4.69, 9.17) is 4.98 Å². The molecule has 1 aromatic heterocycles. The Labute approximate surface area is 209 Å². The van der Waals surface area contributed by atoms with Gasteiger partial charge in [0.05, 0.1) is 11.3 Å². The average molecular weight is 469 g/mol. The summed E-state index contributed by atoms with van der Waals surface area (Å²) in [5.41, 5.74) is 3.66. The second-order valence-electron chi connectivity index (χ2n) is 10.3. The number of carbonyl (C=O) groups excluding carboxylic acids is 1. The van der Waals surface area contributed by atoms with Crippen LogP contribution in [-0.2, 0) is 12.0 Å². The molecule has 2 fully saturated rings. The number of nitrogens with zero attached hydrogens (tertiary/aromatic N) is 3. The number of hydrogen-bond acceptors (Lipinski definition) is 4. The van der Waals surface area contributed by atoms with E-state index in [2.05, 4.69) is 53.6 Å². The summed E-state index contributed by atoms with van der Waals surface area (Å²) in [4.78, 5) is 25.5. The molecule has 1 heterocycles. The van der Waals surface area contributed by atoms with Crippen molar-refractivity contribution < 1.29 is 4.79 Å². The van der Waals surface area contributed by atoms with E-state index in [0.29, 0.717) is 30.6 Å². The number of benzene rings is 2. The lowest BCUT2D eigenvalue weighted by atomic mass is 9.87. The molecule has 0 aliphatic heterocycles. The van der Waals surface area contributed by atoms with Crippen LogP contribution in [0.1, 0.15) is 79.6 Å². The molecule has 2 saturated carbocycles. The molecule has 0 saturated heterocycles. The van der Waals surface area contributed by atoms with Gasteiger partial charge in [-0.15, -0.1) is 0 Å². The Bertz CT molecular complexity index is 1140. The molecule has 182 valence electrons. The highest BCUT2D eigenvalue weighted by Gasteiger charge is 2.49. The number of amides is 1. The van der Waals surface area contributed by atoms with Crippen molar-refractivity contribution in [2.24, 2.45) is 5.92 Å². The summed E-state index contributed by atoms with van der Waals surface area (Å²) in [7, 11) is 0. The van der Waals surface area contributed by atoms with Crippen molar-refractivity contribution in [3.63, 3.8) is 0 Å². The largest absolute Gasteiger partial charge is 0.351 e. The van der Waals surface area contributed by atoms with Crippen molar-refractivity contribution in [3.8, 4) is 0 Å². The molecule has 2 aliphatic rings. The minimum absolute atomic E-state index is 0.00611. The van der Waals surface area contributed by atoms with Crippen molar-refractivity contribution in [1.82, 2.24) is 14.9 Å². The molecule has 1 amide bonds. The highest BCUT2D eigenvalue weighted by molar-refractivity contribution is 5.96. The van der Waals surface area contributed by atoms with Crippen molar-refractivity contribution >= 4 is 11.9 Å². The van der Waals surface area contributed by atoms with Gasteiger partial charge in [-0.05, 0) is 62.5 Å². The summed E-state index contributed by atoms with van der Waals surface area (Å²) in [6.45, 7) is 5.57. The van der Waals surface area contributed by atoms with Gasteiger partial charge in [0, 0.05) is 30.7 Å². The van der Waals surface area contributed by atoms with E-state index in [9.17, 15) is 4.79 Å². The first kappa shape index (κ1) is 23.5. The van der Waals surface area contributed by atoms with Gasteiger partial charge in [0.15, 0.2) is 0 Å². The first-order valence-corrected chi connectivity index (χ1v) is 13.1. The minimum Gasteiger partial charge on any atom is -0.351 e. The Hall–Kier alpha value is -3.21. The van der Waals surface area contributed by atoms with E-state index >= 15 is 0 Å². The third-order valence-electron chi connectivity index (χ3n) is 7.78. The van der Waals surface area contributed by atoms with Crippen LogP contribution in [0.15, 0.2) is 66.9 Å². The Morgan fingerprint density at radius 2 is 1.66 bits per heavy atom. The van der Waals surface area contributed by atoms with E-state index in [1.165, 1.54) is 18.4 Å². The molecule has 0 unspecified atom stereocenters. The third kappa shape index (κ3) is 5.09. The van der Waals surface area contributed by atoms with Crippen molar-refractivity contribution in [2.75, 3.05) is 11.9 Å². The van der Waals surface area contributed by atoms with E-state index in [1.807, 2.05) is 36.1 Å². The first-order valence-electron chi connectivity index (χ1n) is 13.1. The van der Waals surface area contributed by atoms with Gasteiger partial charge in [0.2, 0.25) is 5.95 Å². The fourth-order valence-corrected chi connectivity index (χ4v) is 5.41. The molecule has 35 heavy (non-hydrogen) atoms. The molecule has 0 bridgehead atoms. The van der Waals surface area contributed by atoms with Crippen LogP contribution in [0.5, 0.6) is 0 Å². The maximum atomic E-state index is 13.9. The zero-order valence-electron chi connectivity index (χ0n) is 20.9. The molecular formula is C30H36N4O. The summed E-state index contributed by atoms with van der Waals surface area (Å²) in [6, 6.07) is 21.1. The summed E-state index contributed by atoms with van der Waals surface area (Å²) in [5.74, 6) is 1.46. The monoisotopic (exact) mass is 468 g/mol. The summed E-state index contributed by atoms with van der Waals surface area (Å²) in [6.07, 6.45) is 8.53. The Balaban J connectivity index is 1.48. The van der Waals surface area contributed by atoms with E-state index in [-0.39, 0.29) is 11.3 Å². The van der Waals surface area contributed by atoms with Gasteiger partial charge in [-0.25, -0.2) is 9.97 Å². The normalized spacial score (nSPS) is 20.7. The number of aromatic nitrogens is 2. The summed E-state index contributed by atoms with van der Waals surface area (Å²) < 4.78 is 0. The van der Waals surface area contributed by atoms with Crippen LogP contribution in [0.4, 0.5) is 5.95 Å². The van der Waals surface area contributed by atoms with Crippen LogP contribution in [-0.4, -0.2) is 33.4 Å². The van der Waals surface area contributed by atoms with Gasteiger partial charge >= 0.3 is 0 Å². The quantitative estimate of drug-likeness (QED) is 0.427. The van der Waals surface area contributed by atoms with Crippen molar-refractivity contribution in [3.05, 3.63) is 89.2 Å². The SMILES string of the molecule is CCN(Cc1ccccc1)C(=O)c1cnc(NC2CCC(C)CC2)nc1C1(c2ccccc2)CC1. The van der Waals surface area contributed by atoms with Crippen LogP contribution in [0.3, 0.4) is 0 Å². The highest BCUT2D eigenvalue weighted by Crippen LogP contribution is 2.54. The Morgan fingerprint density at radius 3 is 2.29 bits per heavy atom. The molecule has 5 rings (SSSR count). The standard InChI is InChI=1S/C30H36N4O/c1-3-34(21-23-10-6-4-7-11-23)28(35)26-20-31-29(32-25-16-14-22(2)15-17-25)33-27(26)30(18-19-30)24-12-8-5-9-13-24/h4-13,20,22,25H,3,14-19,21H2,1-2H3,(H,31,32,33). The molecular weight excluding hydrogens is 432 g/mol. The van der Waals surface area contributed by atoms with Crippen LogP contribution in [0.25, 0.3) is 0 Å². The van der Waals surface area contributed by atoms with Gasteiger partial charge in [-0.3, -0.25) is 4.79 Å². The number of hydrogen-bond donors (Lipinski definition) is 1. The van der Waals surface area contributed by atoms with Crippen molar-refractivity contribution in [1.29, 1.82) is 0 Å². The smallest absolute Gasteiger partial charge is 0.257 e. The lowest BCUT2D eigenvalue weighted by Gasteiger charge is -2.28. The van der Waals surface area contributed by atoms with Crippen LogP contribution < -0.4 is 5.32 Å². The minimum atomic E-state index is -0.209. The van der Waals surface area contributed by atoms with Crippen LogP contribution in [0, 0.1) is 5.92 Å². The molecule has 2 aliphatic carbocycles. The fourth-order valence-electron chi connectivity index (χ4n) is 5.41. The predicted octanol–water partition coefficient (Wildman–Crippen LogP) is 6.21. The zero-order chi connectivity index (χ0) is 24.3. The second kappa shape index (κ2) is 10.2. The third-order valence-corrected chi connectivity index (χ3v) is 7.78. The van der Waals surface area contributed by atoms with E-state index in [0.717, 1.165) is 42.9 Å². The number of rotatable bonds is 8. The maximum absolute atomic E-state index is 13.9. The van der Waals surface area contributed by atoms with E-state index < -0.39 is 0 Å². The number of nitrogens with one attached hydrogen (secondary N) is 1. The summed E-state index contributed by atoms with van der Waals surface area (Å²) in [5, 5.41) is 3.60. The molecule has 0 radical (unpaired) electrons. The first-order chi connectivity index (χ1) is 17.1. The maximum Gasteiger partial charge on any atom is 0.257 e. The highest BCUT2D eigenvalue weighted by atomic mass is 16.2. The van der Waals surface area contributed by atoms with Gasteiger partial charge in [0.1, 0.15) is 0 Å². The van der Waals surface area contributed by atoms with Gasteiger partial charge in [0.25, 0.3) is 5.91 Å². The molecule has 3 aromatic rings. The molecule has 5 nitrogen and oxygen atoms in total. The Kier molecular flexibility index (Phi) is 6.85. The predicted molar refractivity (Wildman–Crippen MR) is 140 cm³/mol. The van der Waals surface area contributed by atoms with Crippen LogP contribution in [0.2, 0.25) is 0 Å². The zero-order valence-corrected chi connectivity index (χ0v) is 20.9. The van der Waals surface area contributed by atoms with Gasteiger partial charge < -0.3 is 10.2 Å². The molecule has 0 atom stereocenters. The molecule has 0 spiro atoms. The molecule has 2 aromatic carbocycles. The summed E-state index contributed by atoms with van der Waals surface area (Å²) >= 11 is 0. The average Bonchev–Trinajstić information content (AvgIpc) is 3.71. The Morgan fingerprint density at radius 1 is 1.00 bits per heavy atom. The topological polar surface area (TPSA) is 58.1 Å².